The number of rotatable bonds is 4. The maximum absolute atomic E-state index is 14.2. The van der Waals surface area contributed by atoms with Crippen LogP contribution in [0.15, 0.2) is 36.7 Å². The molecule has 1 aromatic carbocycles. The number of H-pyrrole nitrogens is 1. The molecule has 0 saturated carbocycles. The zero-order valence-corrected chi connectivity index (χ0v) is 24.5. The van der Waals surface area contributed by atoms with Crippen molar-refractivity contribution in [2.24, 2.45) is 0 Å². The number of piperidine rings is 1. The van der Waals surface area contributed by atoms with Gasteiger partial charge < -0.3 is 29.4 Å². The van der Waals surface area contributed by atoms with Crippen molar-refractivity contribution in [3.8, 4) is 11.3 Å². The van der Waals surface area contributed by atoms with Crippen molar-refractivity contribution >= 4 is 28.5 Å². The fraction of sp³-hybridized carbons (Fsp3) is 0.516. The predicted octanol–water partition coefficient (Wildman–Crippen LogP) is 6.77. The predicted molar refractivity (Wildman–Crippen MR) is 155 cm³/mol. The number of likely N-dealkylation sites (tertiary alicyclic amines) is 1. The van der Waals surface area contributed by atoms with Gasteiger partial charge in [0.15, 0.2) is 5.79 Å². The van der Waals surface area contributed by atoms with Crippen molar-refractivity contribution < 1.29 is 32.2 Å². The van der Waals surface area contributed by atoms with E-state index in [2.05, 4.69) is 26.3 Å². The molecule has 2 N–H and O–H groups in total. The summed E-state index contributed by atoms with van der Waals surface area (Å²) in [6.45, 7) is 7.45. The zero-order valence-electron chi connectivity index (χ0n) is 24.5. The normalized spacial score (nSPS) is 20.8. The van der Waals surface area contributed by atoms with Crippen LogP contribution < -0.4 is 5.32 Å². The molecule has 2 aliphatic heterocycles. The molecule has 2 aromatic heterocycles. The number of para-hydroxylation sites is 1. The third kappa shape index (κ3) is 6.21. The van der Waals surface area contributed by atoms with Crippen LogP contribution in [-0.2, 0) is 20.4 Å². The van der Waals surface area contributed by atoms with Gasteiger partial charge >= 0.3 is 12.3 Å². The Kier molecular flexibility index (Phi) is 7.62. The molecule has 1 spiro atoms. The number of allylic oxidation sites excluding steroid dienone is 1. The molecule has 230 valence electrons. The second-order valence-electron chi connectivity index (χ2n) is 12.3. The number of aromatic amines is 1. The van der Waals surface area contributed by atoms with Gasteiger partial charge in [-0.05, 0) is 45.6 Å². The Bertz CT molecular complexity index is 1540. The fourth-order valence-electron chi connectivity index (χ4n) is 6.06. The number of carbonyl (C=O) groups excluding carboxylic acids is 1. The van der Waals surface area contributed by atoms with E-state index >= 15 is 0 Å². The van der Waals surface area contributed by atoms with Gasteiger partial charge in [0.1, 0.15) is 11.2 Å². The SMILES string of the molecule is CC(C)(C)OC(=O)N1CCC[C@H](Nc2ncc(C(F)(F)F)c(-c3c[nH]c4c(C5=CCC6(CC5)OCCO6)cccc34)n2)C1. The largest absolute Gasteiger partial charge is 0.444 e. The van der Waals surface area contributed by atoms with Crippen LogP contribution in [0.5, 0.6) is 0 Å². The van der Waals surface area contributed by atoms with Crippen LogP contribution in [0.25, 0.3) is 27.7 Å². The van der Waals surface area contributed by atoms with E-state index in [9.17, 15) is 18.0 Å². The van der Waals surface area contributed by atoms with Gasteiger partial charge in [-0.2, -0.15) is 13.2 Å². The Labute approximate surface area is 247 Å². The van der Waals surface area contributed by atoms with E-state index < -0.39 is 29.2 Å². The summed E-state index contributed by atoms with van der Waals surface area (Å²) in [5.41, 5.74) is 1.35. The number of benzene rings is 1. The van der Waals surface area contributed by atoms with Gasteiger partial charge in [0, 0.05) is 60.9 Å². The topological polar surface area (TPSA) is 102 Å². The van der Waals surface area contributed by atoms with Crippen LogP contribution >= 0.6 is 0 Å². The number of alkyl halides is 3. The number of hydrogen-bond acceptors (Lipinski definition) is 7. The quantitative estimate of drug-likeness (QED) is 0.342. The maximum atomic E-state index is 14.2. The van der Waals surface area contributed by atoms with Gasteiger partial charge in [0.2, 0.25) is 5.95 Å². The second-order valence-corrected chi connectivity index (χ2v) is 12.3. The molecule has 0 unspecified atom stereocenters. The molecule has 2 fully saturated rings. The molecule has 1 atom stereocenters. The second kappa shape index (κ2) is 11.1. The molecule has 3 aliphatic rings. The highest BCUT2D eigenvalue weighted by atomic mass is 19.4. The van der Waals surface area contributed by atoms with Gasteiger partial charge in [-0.3, -0.25) is 0 Å². The van der Waals surface area contributed by atoms with Crippen molar-refractivity contribution in [1.82, 2.24) is 19.9 Å². The van der Waals surface area contributed by atoms with Crippen LogP contribution in [0.4, 0.5) is 23.9 Å². The smallest absolute Gasteiger partial charge is 0.419 e. The highest BCUT2D eigenvalue weighted by Gasteiger charge is 2.39. The lowest BCUT2D eigenvalue weighted by Gasteiger charge is -2.34. The molecule has 43 heavy (non-hydrogen) atoms. The summed E-state index contributed by atoms with van der Waals surface area (Å²) in [7, 11) is 0. The highest BCUT2D eigenvalue weighted by molar-refractivity contribution is 6.01. The number of aromatic nitrogens is 3. The van der Waals surface area contributed by atoms with E-state index in [1.54, 1.807) is 37.9 Å². The molecule has 0 bridgehead atoms. The fourth-order valence-corrected chi connectivity index (χ4v) is 6.06. The molecular weight excluding hydrogens is 563 g/mol. The zero-order chi connectivity index (χ0) is 30.4. The van der Waals surface area contributed by atoms with Crippen LogP contribution in [0.3, 0.4) is 0 Å². The molecule has 2 saturated heterocycles. The van der Waals surface area contributed by atoms with E-state index in [4.69, 9.17) is 14.2 Å². The van der Waals surface area contributed by atoms with E-state index in [1.807, 2.05) is 12.1 Å². The Hall–Kier alpha value is -3.64. The lowest BCUT2D eigenvalue weighted by Crippen LogP contribution is -2.47. The summed E-state index contributed by atoms with van der Waals surface area (Å²) in [6.07, 6.45) is 2.91. The van der Waals surface area contributed by atoms with Gasteiger partial charge in [0.25, 0.3) is 0 Å². The summed E-state index contributed by atoms with van der Waals surface area (Å²) < 4.78 is 59.8. The lowest BCUT2D eigenvalue weighted by atomic mass is 9.88. The third-order valence-electron chi connectivity index (χ3n) is 8.07. The Morgan fingerprint density at radius 1 is 1.19 bits per heavy atom. The number of anilines is 1. The summed E-state index contributed by atoms with van der Waals surface area (Å²) in [4.78, 5) is 25.9. The first kappa shape index (κ1) is 29.4. The number of ether oxygens (including phenoxy) is 3. The van der Waals surface area contributed by atoms with Crippen LogP contribution in [0, 0.1) is 0 Å². The summed E-state index contributed by atoms with van der Waals surface area (Å²) in [5, 5.41) is 3.80. The number of halogens is 3. The molecule has 3 aromatic rings. The average Bonchev–Trinajstić information content (AvgIpc) is 3.59. The van der Waals surface area contributed by atoms with Crippen LogP contribution in [-0.4, -0.2) is 69.7 Å². The number of nitrogens with one attached hydrogen (secondary N) is 2. The lowest BCUT2D eigenvalue weighted by molar-refractivity contribution is -0.159. The molecular formula is C31H36F3N5O4. The first-order chi connectivity index (χ1) is 20.4. The van der Waals surface area contributed by atoms with E-state index in [-0.39, 0.29) is 17.7 Å². The molecule has 9 nitrogen and oxygen atoms in total. The first-order valence-corrected chi connectivity index (χ1v) is 14.7. The molecule has 4 heterocycles. The van der Waals surface area contributed by atoms with E-state index in [0.717, 1.165) is 29.3 Å². The number of carbonyl (C=O) groups is 1. The van der Waals surface area contributed by atoms with Gasteiger partial charge in [-0.25, -0.2) is 14.8 Å². The van der Waals surface area contributed by atoms with Gasteiger partial charge in [-0.1, -0.05) is 24.3 Å². The van der Waals surface area contributed by atoms with Crippen molar-refractivity contribution in [3.05, 3.63) is 47.8 Å². The minimum absolute atomic E-state index is 0.0707. The summed E-state index contributed by atoms with van der Waals surface area (Å²) in [6, 6.07) is 5.38. The minimum Gasteiger partial charge on any atom is -0.444 e. The molecule has 1 aliphatic carbocycles. The average molecular weight is 600 g/mol. The number of nitrogens with zero attached hydrogens (tertiary/aromatic N) is 3. The third-order valence-corrected chi connectivity index (χ3v) is 8.07. The molecule has 0 radical (unpaired) electrons. The monoisotopic (exact) mass is 599 g/mol. The number of fused-ring (bicyclic) bond motifs is 1. The molecule has 1 amide bonds. The Morgan fingerprint density at radius 3 is 2.67 bits per heavy atom. The summed E-state index contributed by atoms with van der Waals surface area (Å²) in [5.74, 6) is -0.492. The number of hydrogen-bond donors (Lipinski definition) is 2. The molecule has 6 rings (SSSR count). The van der Waals surface area contributed by atoms with Crippen molar-refractivity contribution in [2.45, 2.75) is 76.5 Å². The van der Waals surface area contributed by atoms with Crippen molar-refractivity contribution in [2.75, 3.05) is 31.6 Å². The highest BCUT2D eigenvalue weighted by Crippen LogP contribution is 2.43. The maximum Gasteiger partial charge on any atom is 0.419 e. The van der Waals surface area contributed by atoms with Crippen LogP contribution in [0.1, 0.15) is 64.0 Å². The van der Waals surface area contributed by atoms with Gasteiger partial charge in [-0.15, -0.1) is 0 Å². The Morgan fingerprint density at radius 2 is 1.98 bits per heavy atom. The molecule has 12 heteroatoms. The first-order valence-electron chi connectivity index (χ1n) is 14.7. The van der Waals surface area contributed by atoms with Crippen molar-refractivity contribution in [3.63, 3.8) is 0 Å². The van der Waals surface area contributed by atoms with E-state index in [1.165, 1.54) is 0 Å². The van der Waals surface area contributed by atoms with E-state index in [0.29, 0.717) is 62.9 Å². The summed E-state index contributed by atoms with van der Waals surface area (Å²) >= 11 is 0. The van der Waals surface area contributed by atoms with Crippen LogP contribution in [0.2, 0.25) is 0 Å². The minimum atomic E-state index is -4.66. The Balaban J connectivity index is 1.29. The van der Waals surface area contributed by atoms with Crippen molar-refractivity contribution in [1.29, 1.82) is 0 Å². The van der Waals surface area contributed by atoms with Gasteiger partial charge in [0.05, 0.1) is 24.4 Å². The number of amides is 1. The standard InChI is InChI=1S/C31H36F3N5O4/c1-29(2,3)43-28(40)39-13-5-6-20(18-39)37-27-36-17-24(31(32,33)34)26(38-27)23-16-35-25-21(7-4-8-22(23)25)19-9-11-30(12-10-19)41-14-15-42-30/h4,7-9,16-17,20,35H,5-6,10-15,18H2,1-3H3,(H,36,37,38)/t20-/m0/s1.